The van der Waals surface area contributed by atoms with Crippen molar-refractivity contribution >= 4 is 27.6 Å². The first-order valence-corrected chi connectivity index (χ1v) is 14.3. The molecule has 4 rings (SSSR count). The Morgan fingerprint density at radius 1 is 1.03 bits per heavy atom. The number of carbonyl (C=O) groups is 2. The second kappa shape index (κ2) is 12.5. The van der Waals surface area contributed by atoms with Crippen LogP contribution in [0, 0.1) is 0 Å². The zero-order valence-electron chi connectivity index (χ0n) is 21.3. The number of piperazine rings is 1. The second-order valence-electron chi connectivity index (χ2n) is 9.67. The predicted molar refractivity (Wildman–Crippen MR) is 141 cm³/mol. The van der Waals surface area contributed by atoms with E-state index in [2.05, 4.69) is 15.6 Å². The van der Waals surface area contributed by atoms with Crippen LogP contribution in [0.1, 0.15) is 37.7 Å². The molecule has 0 radical (unpaired) electrons. The number of anilines is 1. The van der Waals surface area contributed by atoms with Gasteiger partial charge >= 0.3 is 6.03 Å². The summed E-state index contributed by atoms with van der Waals surface area (Å²) in [5.41, 5.74) is 1.37. The largest absolute Gasteiger partial charge is 0.342 e. The van der Waals surface area contributed by atoms with Crippen LogP contribution in [0.4, 0.5) is 10.5 Å². The summed E-state index contributed by atoms with van der Waals surface area (Å²) >= 11 is 0. The highest BCUT2D eigenvalue weighted by Gasteiger charge is 2.30. The van der Waals surface area contributed by atoms with Crippen LogP contribution in [0.25, 0.3) is 0 Å². The quantitative estimate of drug-likeness (QED) is 0.544. The Morgan fingerprint density at radius 2 is 1.73 bits per heavy atom. The topological polar surface area (TPSA) is 115 Å². The number of hydrogen-bond acceptors (Lipinski definition) is 6. The first-order chi connectivity index (χ1) is 17.8. The van der Waals surface area contributed by atoms with Crippen LogP contribution in [0.3, 0.4) is 0 Å². The molecule has 2 aliphatic rings. The number of pyridine rings is 1. The van der Waals surface area contributed by atoms with Gasteiger partial charge in [0.15, 0.2) is 0 Å². The Hall–Kier alpha value is -3.02. The molecule has 3 amide bonds. The van der Waals surface area contributed by atoms with Crippen molar-refractivity contribution in [1.29, 1.82) is 0 Å². The van der Waals surface area contributed by atoms with Crippen LogP contribution in [0.5, 0.6) is 0 Å². The standard InChI is InChI=1S/C26H36N6O4S/c1-30(23-7-3-2-4-8-23)25(33)20-31-14-16-32(17-15-31)37(35,36)24-11-9-22(10-12-24)29-26(34)28-19-21-6-5-13-27-18-21/h5-6,9-13,18,23H,2-4,7-8,14-17,19-20H2,1H3,(H2,28,29,34). The summed E-state index contributed by atoms with van der Waals surface area (Å²) in [7, 11) is -1.77. The van der Waals surface area contributed by atoms with Crippen molar-refractivity contribution in [3.05, 3.63) is 54.4 Å². The van der Waals surface area contributed by atoms with E-state index < -0.39 is 10.0 Å². The molecule has 1 aliphatic heterocycles. The minimum absolute atomic E-state index is 0.107. The minimum atomic E-state index is -3.66. The lowest BCUT2D eigenvalue weighted by Crippen LogP contribution is -2.52. The van der Waals surface area contributed by atoms with E-state index in [0.717, 1.165) is 18.4 Å². The molecule has 1 saturated carbocycles. The van der Waals surface area contributed by atoms with Gasteiger partial charge in [0, 0.05) is 63.9 Å². The smallest absolute Gasteiger partial charge is 0.319 e. The van der Waals surface area contributed by atoms with Crippen LogP contribution >= 0.6 is 0 Å². The first-order valence-electron chi connectivity index (χ1n) is 12.8. The summed E-state index contributed by atoms with van der Waals surface area (Å²) in [5, 5.41) is 5.44. The molecule has 0 unspecified atom stereocenters. The van der Waals surface area contributed by atoms with E-state index in [0.29, 0.717) is 51.0 Å². The first kappa shape index (κ1) is 27.0. The van der Waals surface area contributed by atoms with Gasteiger partial charge in [0.2, 0.25) is 15.9 Å². The Kier molecular flexibility index (Phi) is 9.12. The van der Waals surface area contributed by atoms with Crippen molar-refractivity contribution in [2.75, 3.05) is 45.1 Å². The molecule has 1 aromatic heterocycles. The fourth-order valence-corrected chi connectivity index (χ4v) is 6.24. The van der Waals surface area contributed by atoms with Gasteiger partial charge in [-0.1, -0.05) is 25.3 Å². The molecule has 2 fully saturated rings. The van der Waals surface area contributed by atoms with Crippen molar-refractivity contribution in [2.24, 2.45) is 0 Å². The number of amides is 3. The molecule has 2 aromatic rings. The van der Waals surface area contributed by atoms with E-state index in [1.54, 1.807) is 30.6 Å². The van der Waals surface area contributed by atoms with Crippen molar-refractivity contribution in [3.63, 3.8) is 0 Å². The molecule has 1 aliphatic carbocycles. The fraction of sp³-hybridized carbons (Fsp3) is 0.500. The van der Waals surface area contributed by atoms with Gasteiger partial charge in [-0.05, 0) is 48.7 Å². The molecule has 0 atom stereocenters. The number of sulfonamides is 1. The molecule has 200 valence electrons. The predicted octanol–water partition coefficient (Wildman–Crippen LogP) is 2.50. The zero-order valence-corrected chi connectivity index (χ0v) is 22.1. The van der Waals surface area contributed by atoms with Crippen LogP contribution in [0.2, 0.25) is 0 Å². The maximum absolute atomic E-state index is 13.2. The monoisotopic (exact) mass is 528 g/mol. The number of nitrogens with zero attached hydrogens (tertiary/aromatic N) is 4. The molecule has 37 heavy (non-hydrogen) atoms. The number of likely N-dealkylation sites (N-methyl/N-ethyl adjacent to an activating group) is 1. The lowest BCUT2D eigenvalue weighted by atomic mass is 9.94. The van der Waals surface area contributed by atoms with E-state index in [4.69, 9.17) is 0 Å². The van der Waals surface area contributed by atoms with Crippen LogP contribution in [0.15, 0.2) is 53.7 Å². The lowest BCUT2D eigenvalue weighted by Gasteiger charge is -2.36. The van der Waals surface area contributed by atoms with Crippen molar-refractivity contribution in [1.82, 2.24) is 24.4 Å². The van der Waals surface area contributed by atoms with Gasteiger partial charge < -0.3 is 15.5 Å². The average Bonchev–Trinajstić information content (AvgIpc) is 2.93. The van der Waals surface area contributed by atoms with E-state index in [-0.39, 0.29) is 16.8 Å². The molecule has 1 aromatic carbocycles. The summed E-state index contributed by atoms with van der Waals surface area (Å²) in [6, 6.07) is 9.75. The highest BCUT2D eigenvalue weighted by Crippen LogP contribution is 2.23. The van der Waals surface area contributed by atoms with Crippen LogP contribution in [-0.2, 0) is 21.4 Å². The number of nitrogens with one attached hydrogen (secondary N) is 2. The van der Waals surface area contributed by atoms with E-state index in [9.17, 15) is 18.0 Å². The van der Waals surface area contributed by atoms with Crippen molar-refractivity contribution < 1.29 is 18.0 Å². The van der Waals surface area contributed by atoms with E-state index in [1.165, 1.54) is 35.7 Å². The second-order valence-corrected chi connectivity index (χ2v) is 11.6. The number of carbonyl (C=O) groups excluding carboxylic acids is 2. The Morgan fingerprint density at radius 3 is 2.38 bits per heavy atom. The number of aromatic nitrogens is 1. The summed E-state index contributed by atoms with van der Waals surface area (Å²) in [6.07, 6.45) is 9.07. The summed E-state index contributed by atoms with van der Waals surface area (Å²) in [5.74, 6) is 0.107. The molecule has 1 saturated heterocycles. The molecular weight excluding hydrogens is 492 g/mol. The maximum Gasteiger partial charge on any atom is 0.319 e. The third kappa shape index (κ3) is 7.27. The number of rotatable bonds is 8. The summed E-state index contributed by atoms with van der Waals surface area (Å²) < 4.78 is 27.8. The number of benzene rings is 1. The SMILES string of the molecule is CN(C(=O)CN1CCN(S(=O)(=O)c2ccc(NC(=O)NCc3cccnc3)cc2)CC1)C1CCCCC1. The molecule has 0 spiro atoms. The number of urea groups is 1. The molecule has 0 bridgehead atoms. The van der Waals surface area contributed by atoms with Gasteiger partial charge in [0.25, 0.3) is 0 Å². The van der Waals surface area contributed by atoms with E-state index >= 15 is 0 Å². The third-order valence-corrected chi connectivity index (χ3v) is 9.04. The molecule has 2 heterocycles. The van der Waals surface area contributed by atoms with Crippen LogP contribution in [-0.4, -0.2) is 85.3 Å². The number of hydrogen-bond donors (Lipinski definition) is 2. The Bertz CT molecular complexity index is 1150. The van der Waals surface area contributed by atoms with Crippen LogP contribution < -0.4 is 10.6 Å². The molecular formula is C26H36N6O4S. The molecule has 10 nitrogen and oxygen atoms in total. The maximum atomic E-state index is 13.2. The summed E-state index contributed by atoms with van der Waals surface area (Å²) in [6.45, 7) is 2.35. The summed E-state index contributed by atoms with van der Waals surface area (Å²) in [4.78, 5) is 33.0. The van der Waals surface area contributed by atoms with Gasteiger partial charge in [-0.2, -0.15) is 4.31 Å². The van der Waals surface area contributed by atoms with Gasteiger partial charge in [-0.3, -0.25) is 14.7 Å². The van der Waals surface area contributed by atoms with E-state index in [1.807, 2.05) is 22.9 Å². The highest BCUT2D eigenvalue weighted by molar-refractivity contribution is 7.89. The van der Waals surface area contributed by atoms with Gasteiger partial charge in [0.05, 0.1) is 11.4 Å². The fourth-order valence-electron chi connectivity index (χ4n) is 4.82. The van der Waals surface area contributed by atoms with Gasteiger partial charge in [0.1, 0.15) is 0 Å². The normalized spacial score (nSPS) is 17.8. The van der Waals surface area contributed by atoms with Crippen molar-refractivity contribution in [2.45, 2.75) is 49.6 Å². The van der Waals surface area contributed by atoms with Gasteiger partial charge in [-0.15, -0.1) is 0 Å². The average molecular weight is 529 g/mol. The minimum Gasteiger partial charge on any atom is -0.342 e. The Balaban J connectivity index is 1.24. The molecule has 2 N–H and O–H groups in total. The lowest BCUT2D eigenvalue weighted by molar-refractivity contribution is -0.134. The highest BCUT2D eigenvalue weighted by atomic mass is 32.2. The van der Waals surface area contributed by atoms with Crippen molar-refractivity contribution in [3.8, 4) is 0 Å². The van der Waals surface area contributed by atoms with Gasteiger partial charge in [-0.25, -0.2) is 13.2 Å². The zero-order chi connectivity index (χ0) is 26.3. The third-order valence-electron chi connectivity index (χ3n) is 7.13. The Labute approximate surface area is 219 Å². The molecule has 11 heteroatoms.